The Labute approximate surface area is 173 Å². The Balaban J connectivity index is 1.76. The minimum atomic E-state index is -0.364. The first-order valence-electron chi connectivity index (χ1n) is 10.2. The van der Waals surface area contributed by atoms with Crippen molar-refractivity contribution in [3.63, 3.8) is 0 Å². The fourth-order valence-corrected chi connectivity index (χ4v) is 4.66. The molecule has 0 bridgehead atoms. The van der Waals surface area contributed by atoms with Crippen LogP contribution in [0.4, 0.5) is 0 Å². The smallest absolute Gasteiger partial charge is 0.293 e. The van der Waals surface area contributed by atoms with Crippen molar-refractivity contribution in [2.24, 2.45) is 0 Å². The molecule has 0 atom stereocenters. The lowest BCUT2D eigenvalue weighted by atomic mass is 9.95. The zero-order chi connectivity index (χ0) is 20.6. The van der Waals surface area contributed by atoms with Gasteiger partial charge in [-0.25, -0.2) is 4.68 Å². The number of aromatic nitrogens is 4. The van der Waals surface area contributed by atoms with Gasteiger partial charge in [0.15, 0.2) is 0 Å². The summed E-state index contributed by atoms with van der Waals surface area (Å²) < 4.78 is 3.03. The van der Waals surface area contributed by atoms with Gasteiger partial charge in [0.25, 0.3) is 5.56 Å². The van der Waals surface area contributed by atoms with Crippen LogP contribution < -0.4 is 10.9 Å². The van der Waals surface area contributed by atoms with Crippen molar-refractivity contribution in [3.8, 4) is 10.6 Å². The van der Waals surface area contributed by atoms with Crippen LogP contribution in [0.15, 0.2) is 28.5 Å². The quantitative estimate of drug-likeness (QED) is 0.709. The van der Waals surface area contributed by atoms with Crippen LogP contribution in [0.25, 0.3) is 21.5 Å². The third kappa shape index (κ3) is 3.99. The molecule has 1 saturated carbocycles. The highest BCUT2D eigenvalue weighted by atomic mass is 32.1. The van der Waals surface area contributed by atoms with Gasteiger partial charge in [0.05, 0.1) is 22.0 Å². The summed E-state index contributed by atoms with van der Waals surface area (Å²) in [6, 6.07) is 4.12. The second kappa shape index (κ2) is 7.74. The van der Waals surface area contributed by atoms with Crippen molar-refractivity contribution in [3.05, 3.63) is 34.1 Å². The number of hydrogen-bond donors (Lipinski definition) is 1. The van der Waals surface area contributed by atoms with Crippen LogP contribution in [0.5, 0.6) is 0 Å². The Morgan fingerprint density at radius 3 is 2.69 bits per heavy atom. The maximum Gasteiger partial charge on any atom is 0.293 e. The Morgan fingerprint density at radius 2 is 2.03 bits per heavy atom. The molecule has 1 N–H and O–H groups in total. The molecular weight excluding hydrogens is 386 g/mol. The summed E-state index contributed by atoms with van der Waals surface area (Å²) in [4.78, 5) is 26.9. The normalized spacial score (nSPS) is 15.7. The van der Waals surface area contributed by atoms with E-state index in [4.69, 9.17) is 0 Å². The van der Waals surface area contributed by atoms with E-state index in [1.54, 1.807) is 22.2 Å². The predicted octanol–water partition coefficient (Wildman–Crippen LogP) is 3.53. The van der Waals surface area contributed by atoms with Crippen molar-refractivity contribution in [2.75, 3.05) is 0 Å². The highest BCUT2D eigenvalue weighted by Crippen LogP contribution is 2.30. The maximum atomic E-state index is 13.3. The lowest BCUT2D eigenvalue weighted by Gasteiger charge is -2.23. The number of rotatable bonds is 4. The van der Waals surface area contributed by atoms with Gasteiger partial charge >= 0.3 is 0 Å². The van der Waals surface area contributed by atoms with Crippen molar-refractivity contribution < 1.29 is 4.79 Å². The zero-order valence-corrected chi connectivity index (χ0v) is 18.0. The van der Waals surface area contributed by atoms with E-state index >= 15 is 0 Å². The molecule has 0 unspecified atom stereocenters. The van der Waals surface area contributed by atoms with Gasteiger partial charge in [-0.3, -0.25) is 14.3 Å². The molecule has 0 saturated heterocycles. The number of nitrogens with one attached hydrogen (secondary N) is 1. The van der Waals surface area contributed by atoms with Crippen molar-refractivity contribution in [2.45, 2.75) is 71.0 Å². The van der Waals surface area contributed by atoms with Gasteiger partial charge in [-0.05, 0) is 45.1 Å². The molecule has 1 aliphatic carbocycles. The van der Waals surface area contributed by atoms with E-state index in [9.17, 15) is 9.59 Å². The largest absolute Gasteiger partial charge is 0.352 e. The monoisotopic (exact) mass is 413 g/mol. The third-order valence-electron chi connectivity index (χ3n) is 5.34. The summed E-state index contributed by atoms with van der Waals surface area (Å²) in [5.41, 5.74) is 0.528. The van der Waals surface area contributed by atoms with E-state index in [2.05, 4.69) is 15.5 Å². The summed E-state index contributed by atoms with van der Waals surface area (Å²) in [6.45, 7) is 5.93. The predicted molar refractivity (Wildman–Crippen MR) is 115 cm³/mol. The van der Waals surface area contributed by atoms with Gasteiger partial charge in [0.1, 0.15) is 17.8 Å². The maximum absolute atomic E-state index is 13.3. The number of thiophene rings is 1. The molecule has 1 aliphatic rings. The number of hydrogen-bond acceptors (Lipinski definition) is 5. The number of carbonyl (C=O) groups excluding carboxylic acids is 1. The van der Waals surface area contributed by atoms with E-state index < -0.39 is 0 Å². The van der Waals surface area contributed by atoms with Crippen LogP contribution in [0.2, 0.25) is 0 Å². The van der Waals surface area contributed by atoms with Crippen LogP contribution in [-0.4, -0.2) is 31.5 Å². The molecule has 0 radical (unpaired) electrons. The molecule has 3 heterocycles. The van der Waals surface area contributed by atoms with Gasteiger partial charge in [-0.1, -0.05) is 25.3 Å². The molecule has 1 fully saturated rings. The third-order valence-corrected chi connectivity index (χ3v) is 6.21. The van der Waals surface area contributed by atoms with Gasteiger partial charge < -0.3 is 5.32 Å². The molecule has 0 aliphatic heterocycles. The Hall–Kier alpha value is -2.48. The zero-order valence-electron chi connectivity index (χ0n) is 17.1. The van der Waals surface area contributed by atoms with E-state index in [1.807, 2.05) is 38.3 Å². The molecule has 3 aromatic heterocycles. The number of amides is 1. The highest BCUT2D eigenvalue weighted by molar-refractivity contribution is 7.13. The van der Waals surface area contributed by atoms with Gasteiger partial charge in [0, 0.05) is 6.04 Å². The Morgan fingerprint density at radius 1 is 1.28 bits per heavy atom. The fraction of sp³-hybridized carbons (Fsp3) is 0.524. The van der Waals surface area contributed by atoms with Gasteiger partial charge in [-0.15, -0.1) is 11.3 Å². The Kier molecular flexibility index (Phi) is 5.29. The van der Waals surface area contributed by atoms with Gasteiger partial charge in [0.2, 0.25) is 5.91 Å². The highest BCUT2D eigenvalue weighted by Gasteiger charge is 2.24. The lowest BCUT2D eigenvalue weighted by molar-refractivity contribution is -0.122. The van der Waals surface area contributed by atoms with Gasteiger partial charge in [-0.2, -0.15) is 10.2 Å². The van der Waals surface area contributed by atoms with Crippen LogP contribution in [-0.2, 0) is 16.9 Å². The molecule has 4 rings (SSSR count). The SMILES string of the molecule is CC(C)(C)n1ncc2c(-c3cccs3)nn(CC(=O)NC3CCCCC3)c(=O)c21. The molecule has 3 aromatic rings. The average molecular weight is 414 g/mol. The van der Waals surface area contributed by atoms with Crippen molar-refractivity contribution in [1.82, 2.24) is 24.9 Å². The summed E-state index contributed by atoms with van der Waals surface area (Å²) in [7, 11) is 0. The average Bonchev–Trinajstić information content (AvgIpc) is 3.34. The topological polar surface area (TPSA) is 81.8 Å². The van der Waals surface area contributed by atoms with E-state index in [0.29, 0.717) is 11.2 Å². The number of carbonyl (C=O) groups is 1. The fourth-order valence-electron chi connectivity index (χ4n) is 3.94. The molecule has 29 heavy (non-hydrogen) atoms. The molecule has 0 spiro atoms. The minimum absolute atomic E-state index is 0.0844. The molecule has 8 heteroatoms. The second-order valence-corrected chi connectivity index (χ2v) is 9.63. The van der Waals surface area contributed by atoms with Crippen molar-refractivity contribution in [1.29, 1.82) is 0 Å². The first kappa shape index (κ1) is 19.8. The molecule has 154 valence electrons. The Bertz CT molecular complexity index is 1070. The summed E-state index contributed by atoms with van der Waals surface area (Å²) in [5, 5.41) is 14.8. The lowest BCUT2D eigenvalue weighted by Crippen LogP contribution is -2.41. The minimum Gasteiger partial charge on any atom is -0.352 e. The van der Waals surface area contributed by atoms with E-state index in [0.717, 1.165) is 35.9 Å². The number of nitrogens with zero attached hydrogens (tertiary/aromatic N) is 4. The molecule has 1 amide bonds. The second-order valence-electron chi connectivity index (χ2n) is 8.68. The van der Waals surface area contributed by atoms with Crippen LogP contribution >= 0.6 is 11.3 Å². The molecule has 7 nitrogen and oxygen atoms in total. The molecule has 0 aromatic carbocycles. The first-order chi connectivity index (χ1) is 13.8. The summed E-state index contributed by atoms with van der Waals surface area (Å²) in [5.74, 6) is -0.162. The van der Waals surface area contributed by atoms with Crippen LogP contribution in [0.3, 0.4) is 0 Å². The molecular formula is C21H27N5O2S. The standard InChI is InChI=1S/C21H27N5O2S/c1-21(2,3)26-19-15(12-22-26)18(16-10-7-11-29-16)24-25(20(19)28)13-17(27)23-14-8-5-4-6-9-14/h7,10-12,14H,4-6,8-9,13H2,1-3H3,(H,23,27). The summed E-state index contributed by atoms with van der Waals surface area (Å²) in [6.07, 6.45) is 7.22. The van der Waals surface area contributed by atoms with E-state index in [1.165, 1.54) is 11.1 Å². The van der Waals surface area contributed by atoms with Crippen molar-refractivity contribution >= 4 is 28.1 Å². The van der Waals surface area contributed by atoms with Crippen LogP contribution in [0, 0.1) is 0 Å². The van der Waals surface area contributed by atoms with E-state index in [-0.39, 0.29) is 29.6 Å². The number of fused-ring (bicyclic) bond motifs is 1. The first-order valence-corrected chi connectivity index (χ1v) is 11.0. The van der Waals surface area contributed by atoms with Crippen LogP contribution in [0.1, 0.15) is 52.9 Å². The summed E-state index contributed by atoms with van der Waals surface area (Å²) >= 11 is 1.55.